The van der Waals surface area contributed by atoms with Gasteiger partial charge in [0.1, 0.15) is 6.61 Å². The van der Waals surface area contributed by atoms with E-state index >= 15 is 0 Å². The normalized spacial score (nSPS) is 26.4. The molecule has 0 aromatic rings. The molecule has 4 heteroatoms. The number of rotatable bonds is 5. The first-order chi connectivity index (χ1) is 6.72. The van der Waals surface area contributed by atoms with E-state index in [0.29, 0.717) is 0 Å². The van der Waals surface area contributed by atoms with E-state index in [9.17, 15) is 4.79 Å². The van der Waals surface area contributed by atoms with E-state index in [4.69, 9.17) is 10.5 Å². The van der Waals surface area contributed by atoms with E-state index in [1.54, 1.807) is 0 Å². The van der Waals surface area contributed by atoms with Crippen LogP contribution in [0.3, 0.4) is 0 Å². The minimum Gasteiger partial charge on any atom is -0.368 e. The molecule has 1 aliphatic carbocycles. The molecule has 0 aromatic heterocycles. The average Bonchev–Trinajstić information content (AvgIpc) is 2.58. The quantitative estimate of drug-likeness (QED) is 0.675. The highest BCUT2D eigenvalue weighted by atomic mass is 16.5. The van der Waals surface area contributed by atoms with Gasteiger partial charge in [0, 0.05) is 12.6 Å². The number of ether oxygens (including phenoxy) is 1. The zero-order valence-electron chi connectivity index (χ0n) is 8.79. The standard InChI is InChI=1S/C10H20N2O2/c1-2-5-12-10(13)7-14-9-4-3-8(11)6-9/h8-9H,2-7,11H2,1H3,(H,12,13). The Hall–Kier alpha value is -0.610. The van der Waals surface area contributed by atoms with Gasteiger partial charge in [0.05, 0.1) is 6.10 Å². The van der Waals surface area contributed by atoms with Gasteiger partial charge in [-0.25, -0.2) is 0 Å². The molecule has 4 nitrogen and oxygen atoms in total. The Labute approximate surface area is 85.2 Å². The third-order valence-electron chi connectivity index (χ3n) is 2.45. The van der Waals surface area contributed by atoms with Crippen molar-refractivity contribution in [3.05, 3.63) is 0 Å². The second-order valence-corrected chi connectivity index (χ2v) is 3.86. The lowest BCUT2D eigenvalue weighted by atomic mass is 10.3. The molecule has 1 fully saturated rings. The molecular formula is C10H20N2O2. The zero-order valence-corrected chi connectivity index (χ0v) is 8.79. The van der Waals surface area contributed by atoms with Crippen LogP contribution in [0.1, 0.15) is 32.6 Å². The Morgan fingerprint density at radius 3 is 2.93 bits per heavy atom. The molecule has 0 aromatic carbocycles. The molecule has 1 amide bonds. The first kappa shape index (κ1) is 11.5. The van der Waals surface area contributed by atoms with E-state index in [1.165, 1.54) is 0 Å². The fraction of sp³-hybridized carbons (Fsp3) is 0.900. The molecule has 0 aliphatic heterocycles. The fourth-order valence-corrected chi connectivity index (χ4v) is 1.63. The maximum atomic E-state index is 11.2. The molecule has 2 unspecified atom stereocenters. The predicted molar refractivity (Wildman–Crippen MR) is 54.9 cm³/mol. The van der Waals surface area contributed by atoms with E-state index in [0.717, 1.165) is 32.2 Å². The maximum Gasteiger partial charge on any atom is 0.246 e. The maximum absolute atomic E-state index is 11.2. The van der Waals surface area contributed by atoms with Crippen LogP contribution in [-0.4, -0.2) is 31.2 Å². The fourth-order valence-electron chi connectivity index (χ4n) is 1.63. The average molecular weight is 200 g/mol. The van der Waals surface area contributed by atoms with Crippen molar-refractivity contribution >= 4 is 5.91 Å². The monoisotopic (exact) mass is 200 g/mol. The van der Waals surface area contributed by atoms with Crippen LogP contribution in [-0.2, 0) is 9.53 Å². The number of hydrogen-bond donors (Lipinski definition) is 2. The van der Waals surface area contributed by atoms with Gasteiger partial charge in [-0.3, -0.25) is 4.79 Å². The van der Waals surface area contributed by atoms with Gasteiger partial charge in [-0.15, -0.1) is 0 Å². The van der Waals surface area contributed by atoms with Crippen molar-refractivity contribution in [2.45, 2.75) is 44.8 Å². The Morgan fingerprint density at radius 2 is 2.36 bits per heavy atom. The molecular weight excluding hydrogens is 180 g/mol. The molecule has 1 rings (SSSR count). The SMILES string of the molecule is CCCNC(=O)COC1CCC(N)C1. The Bertz CT molecular complexity index is 185. The van der Waals surface area contributed by atoms with Crippen molar-refractivity contribution in [2.24, 2.45) is 5.73 Å². The van der Waals surface area contributed by atoms with Crippen LogP contribution in [0.25, 0.3) is 0 Å². The smallest absolute Gasteiger partial charge is 0.246 e. The molecule has 3 N–H and O–H groups in total. The van der Waals surface area contributed by atoms with Crippen molar-refractivity contribution in [1.82, 2.24) is 5.32 Å². The van der Waals surface area contributed by atoms with Gasteiger partial charge in [-0.05, 0) is 25.7 Å². The molecule has 0 saturated heterocycles. The summed E-state index contributed by atoms with van der Waals surface area (Å²) < 4.78 is 5.44. The highest BCUT2D eigenvalue weighted by Crippen LogP contribution is 2.19. The largest absolute Gasteiger partial charge is 0.368 e. The third kappa shape index (κ3) is 4.07. The number of amides is 1. The van der Waals surface area contributed by atoms with E-state index < -0.39 is 0 Å². The lowest BCUT2D eigenvalue weighted by Crippen LogP contribution is -2.30. The summed E-state index contributed by atoms with van der Waals surface area (Å²) >= 11 is 0. The third-order valence-corrected chi connectivity index (χ3v) is 2.45. The zero-order chi connectivity index (χ0) is 10.4. The van der Waals surface area contributed by atoms with Crippen LogP contribution >= 0.6 is 0 Å². The first-order valence-electron chi connectivity index (χ1n) is 5.36. The summed E-state index contributed by atoms with van der Waals surface area (Å²) in [5.74, 6) is -0.0210. The van der Waals surface area contributed by atoms with Gasteiger partial charge >= 0.3 is 0 Å². The Kier molecular flexibility index (Phi) is 4.90. The summed E-state index contributed by atoms with van der Waals surface area (Å²) in [7, 11) is 0. The van der Waals surface area contributed by atoms with Crippen LogP contribution in [0.5, 0.6) is 0 Å². The summed E-state index contributed by atoms with van der Waals surface area (Å²) in [6.45, 7) is 2.93. The number of nitrogens with two attached hydrogens (primary N) is 1. The van der Waals surface area contributed by atoms with E-state index in [2.05, 4.69) is 5.32 Å². The van der Waals surface area contributed by atoms with Gasteiger partial charge in [-0.2, -0.15) is 0 Å². The predicted octanol–water partition coefficient (Wildman–Crippen LogP) is 0.409. The molecule has 14 heavy (non-hydrogen) atoms. The van der Waals surface area contributed by atoms with Crippen molar-refractivity contribution in [2.75, 3.05) is 13.2 Å². The highest BCUT2D eigenvalue weighted by Gasteiger charge is 2.22. The Morgan fingerprint density at radius 1 is 1.57 bits per heavy atom. The molecule has 0 bridgehead atoms. The summed E-state index contributed by atoms with van der Waals surface area (Å²) in [4.78, 5) is 11.2. The van der Waals surface area contributed by atoms with Crippen LogP contribution in [0.15, 0.2) is 0 Å². The van der Waals surface area contributed by atoms with E-state index in [-0.39, 0.29) is 24.7 Å². The second-order valence-electron chi connectivity index (χ2n) is 3.86. The Balaban J connectivity index is 2.05. The molecule has 0 heterocycles. The van der Waals surface area contributed by atoms with Gasteiger partial charge in [0.15, 0.2) is 0 Å². The van der Waals surface area contributed by atoms with Crippen molar-refractivity contribution in [3.8, 4) is 0 Å². The summed E-state index contributed by atoms with van der Waals surface area (Å²) in [6.07, 6.45) is 4.04. The summed E-state index contributed by atoms with van der Waals surface area (Å²) in [5.41, 5.74) is 5.73. The molecule has 82 valence electrons. The van der Waals surface area contributed by atoms with Crippen LogP contribution in [0.2, 0.25) is 0 Å². The lowest BCUT2D eigenvalue weighted by Gasteiger charge is -2.11. The topological polar surface area (TPSA) is 64.3 Å². The molecule has 1 saturated carbocycles. The summed E-state index contributed by atoms with van der Waals surface area (Å²) in [5, 5.41) is 2.77. The number of carbonyl (C=O) groups is 1. The lowest BCUT2D eigenvalue weighted by molar-refractivity contribution is -0.127. The summed E-state index contributed by atoms with van der Waals surface area (Å²) in [6, 6.07) is 0.263. The molecule has 0 radical (unpaired) electrons. The van der Waals surface area contributed by atoms with Gasteiger partial charge < -0.3 is 15.8 Å². The second kappa shape index (κ2) is 5.98. The molecule has 1 aliphatic rings. The highest BCUT2D eigenvalue weighted by molar-refractivity contribution is 5.77. The van der Waals surface area contributed by atoms with Gasteiger partial charge in [0.25, 0.3) is 0 Å². The van der Waals surface area contributed by atoms with Crippen molar-refractivity contribution < 1.29 is 9.53 Å². The minimum absolute atomic E-state index is 0.0210. The van der Waals surface area contributed by atoms with Crippen molar-refractivity contribution in [3.63, 3.8) is 0 Å². The first-order valence-corrected chi connectivity index (χ1v) is 5.36. The van der Waals surface area contributed by atoms with Crippen LogP contribution in [0.4, 0.5) is 0 Å². The van der Waals surface area contributed by atoms with E-state index in [1.807, 2.05) is 6.92 Å². The van der Waals surface area contributed by atoms with Crippen LogP contribution < -0.4 is 11.1 Å². The van der Waals surface area contributed by atoms with Crippen LogP contribution in [0, 0.1) is 0 Å². The number of nitrogens with one attached hydrogen (secondary N) is 1. The molecule has 2 atom stereocenters. The molecule has 0 spiro atoms. The minimum atomic E-state index is -0.0210. The van der Waals surface area contributed by atoms with Gasteiger partial charge in [-0.1, -0.05) is 6.92 Å². The number of carbonyl (C=O) groups excluding carboxylic acids is 1. The van der Waals surface area contributed by atoms with Crippen molar-refractivity contribution in [1.29, 1.82) is 0 Å². The van der Waals surface area contributed by atoms with Gasteiger partial charge in [0.2, 0.25) is 5.91 Å². The number of hydrogen-bond acceptors (Lipinski definition) is 3.